The summed E-state index contributed by atoms with van der Waals surface area (Å²) < 4.78 is 5.10. The van der Waals surface area contributed by atoms with Crippen molar-refractivity contribution in [2.45, 2.75) is 6.42 Å². The lowest BCUT2D eigenvalue weighted by Gasteiger charge is -2.14. The summed E-state index contributed by atoms with van der Waals surface area (Å²) in [5, 5.41) is 11.4. The minimum Gasteiger partial charge on any atom is -0.507 e. The van der Waals surface area contributed by atoms with Crippen molar-refractivity contribution in [1.29, 1.82) is 0 Å². The summed E-state index contributed by atoms with van der Waals surface area (Å²) in [6, 6.07) is 15.0. The number of aromatic nitrogens is 1. The molecule has 1 aromatic heterocycles. The predicted octanol–water partition coefficient (Wildman–Crippen LogP) is 3.66. The van der Waals surface area contributed by atoms with Crippen LogP contribution in [0.4, 0.5) is 5.82 Å². The van der Waals surface area contributed by atoms with Crippen LogP contribution >= 0.6 is 0 Å². The van der Waals surface area contributed by atoms with Gasteiger partial charge in [0.1, 0.15) is 17.3 Å². The number of hydrogen-bond acceptors (Lipinski definition) is 3. The van der Waals surface area contributed by atoms with E-state index in [-0.39, 0.29) is 11.7 Å². The number of aromatic amines is 1. The van der Waals surface area contributed by atoms with Crippen LogP contribution in [-0.4, -0.2) is 29.7 Å². The van der Waals surface area contributed by atoms with Gasteiger partial charge < -0.3 is 14.8 Å². The first-order chi connectivity index (χ1) is 12.2. The number of ether oxygens (including phenoxy) is 1. The van der Waals surface area contributed by atoms with Crippen LogP contribution in [0.3, 0.4) is 0 Å². The van der Waals surface area contributed by atoms with Crippen LogP contribution in [-0.2, 0) is 11.2 Å². The SMILES string of the molecule is COc1ccc(/C(O)=C/C(=O)N2CCc3c2[nH]c2ccccc32)cc1. The zero-order valence-corrected chi connectivity index (χ0v) is 13.8. The predicted molar refractivity (Wildman–Crippen MR) is 98.0 cm³/mol. The number of rotatable bonds is 3. The van der Waals surface area contributed by atoms with Crippen LogP contribution in [0.2, 0.25) is 0 Å². The summed E-state index contributed by atoms with van der Waals surface area (Å²) in [6.07, 6.45) is 2.07. The molecule has 0 spiro atoms. The largest absolute Gasteiger partial charge is 0.507 e. The van der Waals surface area contributed by atoms with E-state index in [0.717, 1.165) is 28.7 Å². The molecular formula is C20H18N2O3. The van der Waals surface area contributed by atoms with Gasteiger partial charge in [-0.05, 0) is 36.8 Å². The molecule has 0 bridgehead atoms. The Morgan fingerprint density at radius 2 is 1.96 bits per heavy atom. The molecule has 0 fully saturated rings. The second-order valence-electron chi connectivity index (χ2n) is 6.00. The molecule has 0 saturated heterocycles. The van der Waals surface area contributed by atoms with Crippen LogP contribution in [0, 0.1) is 0 Å². The zero-order chi connectivity index (χ0) is 17.4. The van der Waals surface area contributed by atoms with Gasteiger partial charge in [0.2, 0.25) is 0 Å². The van der Waals surface area contributed by atoms with Gasteiger partial charge >= 0.3 is 0 Å². The summed E-state index contributed by atoms with van der Waals surface area (Å²) in [5.41, 5.74) is 2.75. The molecule has 1 aliphatic heterocycles. The average molecular weight is 334 g/mol. The maximum atomic E-state index is 12.6. The van der Waals surface area contributed by atoms with Crippen molar-refractivity contribution in [3.05, 3.63) is 65.7 Å². The summed E-state index contributed by atoms with van der Waals surface area (Å²) >= 11 is 0. The molecule has 25 heavy (non-hydrogen) atoms. The van der Waals surface area contributed by atoms with Gasteiger partial charge in [0.25, 0.3) is 5.91 Å². The molecule has 0 aliphatic carbocycles. The van der Waals surface area contributed by atoms with E-state index in [4.69, 9.17) is 4.74 Å². The standard InChI is InChI=1S/C20H18N2O3/c1-25-14-8-6-13(7-9-14)18(23)12-19(24)22-11-10-16-15-4-2-3-5-17(15)21-20(16)22/h2-9,12,21,23H,10-11H2,1H3/b18-12-. The van der Waals surface area contributed by atoms with E-state index in [2.05, 4.69) is 11.1 Å². The van der Waals surface area contributed by atoms with Gasteiger partial charge in [-0.3, -0.25) is 9.69 Å². The molecule has 1 aliphatic rings. The Hall–Kier alpha value is -3.21. The Bertz CT molecular complexity index is 970. The minimum absolute atomic E-state index is 0.0581. The number of amides is 1. The topological polar surface area (TPSA) is 65.6 Å². The van der Waals surface area contributed by atoms with E-state index < -0.39 is 0 Å². The van der Waals surface area contributed by atoms with E-state index in [0.29, 0.717) is 17.9 Å². The van der Waals surface area contributed by atoms with Crippen LogP contribution < -0.4 is 9.64 Å². The second-order valence-corrected chi connectivity index (χ2v) is 6.00. The number of carbonyl (C=O) groups excluding carboxylic acids is 1. The summed E-state index contributed by atoms with van der Waals surface area (Å²) in [7, 11) is 1.58. The number of fused-ring (bicyclic) bond motifs is 3. The number of nitrogens with zero attached hydrogens (tertiary/aromatic N) is 1. The average Bonchev–Trinajstić information content (AvgIpc) is 3.20. The Kier molecular flexibility index (Phi) is 3.69. The maximum absolute atomic E-state index is 12.6. The molecule has 4 rings (SSSR count). The highest BCUT2D eigenvalue weighted by atomic mass is 16.5. The molecular weight excluding hydrogens is 316 g/mol. The van der Waals surface area contributed by atoms with Gasteiger partial charge in [0.05, 0.1) is 7.11 Å². The number of H-pyrrole nitrogens is 1. The molecule has 2 N–H and O–H groups in total. The van der Waals surface area contributed by atoms with E-state index in [1.165, 1.54) is 6.08 Å². The van der Waals surface area contributed by atoms with Crippen LogP contribution in [0.25, 0.3) is 16.7 Å². The van der Waals surface area contributed by atoms with Crippen molar-refractivity contribution in [1.82, 2.24) is 4.98 Å². The van der Waals surface area contributed by atoms with Gasteiger partial charge in [-0.15, -0.1) is 0 Å². The number of para-hydroxylation sites is 1. The van der Waals surface area contributed by atoms with Crippen LogP contribution in [0.15, 0.2) is 54.6 Å². The molecule has 5 heteroatoms. The highest BCUT2D eigenvalue weighted by Crippen LogP contribution is 2.34. The number of anilines is 1. The fourth-order valence-corrected chi connectivity index (χ4v) is 3.27. The third-order valence-electron chi connectivity index (χ3n) is 4.56. The van der Waals surface area contributed by atoms with Crippen molar-refractivity contribution in [3.63, 3.8) is 0 Å². The first-order valence-corrected chi connectivity index (χ1v) is 8.13. The molecule has 1 amide bonds. The highest BCUT2D eigenvalue weighted by molar-refractivity contribution is 6.07. The van der Waals surface area contributed by atoms with Crippen molar-refractivity contribution in [3.8, 4) is 5.75 Å². The van der Waals surface area contributed by atoms with E-state index in [1.54, 1.807) is 36.3 Å². The molecule has 0 unspecified atom stereocenters. The lowest BCUT2D eigenvalue weighted by Crippen LogP contribution is -2.27. The molecule has 0 radical (unpaired) electrons. The van der Waals surface area contributed by atoms with E-state index in [9.17, 15) is 9.90 Å². The number of carbonyl (C=O) groups is 1. The normalized spacial score (nSPS) is 14.0. The summed E-state index contributed by atoms with van der Waals surface area (Å²) in [5.74, 6) is 1.23. The number of methoxy groups -OCH3 is 1. The van der Waals surface area contributed by atoms with E-state index >= 15 is 0 Å². The minimum atomic E-state index is -0.237. The van der Waals surface area contributed by atoms with Crippen molar-refractivity contribution in [2.75, 3.05) is 18.6 Å². The molecule has 3 aromatic rings. The van der Waals surface area contributed by atoms with Crippen LogP contribution in [0.5, 0.6) is 5.75 Å². The van der Waals surface area contributed by atoms with Crippen molar-refractivity contribution < 1.29 is 14.6 Å². The van der Waals surface area contributed by atoms with Gasteiger partial charge in [0, 0.05) is 34.7 Å². The highest BCUT2D eigenvalue weighted by Gasteiger charge is 2.27. The van der Waals surface area contributed by atoms with Gasteiger partial charge in [0.15, 0.2) is 0 Å². The smallest absolute Gasteiger partial charge is 0.255 e. The fourth-order valence-electron chi connectivity index (χ4n) is 3.27. The molecule has 2 aromatic carbocycles. The number of aliphatic hydroxyl groups is 1. The monoisotopic (exact) mass is 334 g/mol. The first-order valence-electron chi connectivity index (χ1n) is 8.13. The Balaban J connectivity index is 1.62. The molecule has 0 saturated carbocycles. The van der Waals surface area contributed by atoms with Crippen molar-refractivity contribution >= 4 is 28.4 Å². The number of nitrogens with one attached hydrogen (secondary N) is 1. The van der Waals surface area contributed by atoms with Crippen molar-refractivity contribution in [2.24, 2.45) is 0 Å². The third-order valence-corrected chi connectivity index (χ3v) is 4.56. The molecule has 126 valence electrons. The van der Waals surface area contributed by atoms with E-state index in [1.807, 2.05) is 18.2 Å². The summed E-state index contributed by atoms with van der Waals surface area (Å²) in [6.45, 7) is 0.608. The van der Waals surface area contributed by atoms with Gasteiger partial charge in [-0.1, -0.05) is 18.2 Å². The first kappa shape index (κ1) is 15.3. The Morgan fingerprint density at radius 3 is 2.72 bits per heavy atom. The molecule has 0 atom stereocenters. The maximum Gasteiger partial charge on any atom is 0.255 e. The quantitative estimate of drug-likeness (QED) is 0.567. The number of benzene rings is 2. The second kappa shape index (κ2) is 6.02. The number of aliphatic hydroxyl groups excluding tert-OH is 1. The number of hydrogen-bond donors (Lipinski definition) is 2. The Labute approximate surface area is 145 Å². The third kappa shape index (κ3) is 2.63. The van der Waals surface area contributed by atoms with Crippen LogP contribution in [0.1, 0.15) is 11.1 Å². The Morgan fingerprint density at radius 1 is 1.20 bits per heavy atom. The lowest BCUT2D eigenvalue weighted by atomic mass is 10.1. The molecule has 5 nitrogen and oxygen atoms in total. The lowest BCUT2D eigenvalue weighted by molar-refractivity contribution is -0.114. The van der Waals surface area contributed by atoms with Gasteiger partial charge in [-0.25, -0.2) is 0 Å². The summed E-state index contributed by atoms with van der Waals surface area (Å²) in [4.78, 5) is 17.6. The van der Waals surface area contributed by atoms with Gasteiger partial charge in [-0.2, -0.15) is 0 Å². The fraction of sp³-hybridized carbons (Fsp3) is 0.150. The molecule has 2 heterocycles. The zero-order valence-electron chi connectivity index (χ0n) is 13.8.